The van der Waals surface area contributed by atoms with Crippen LogP contribution >= 0.6 is 0 Å². The van der Waals surface area contributed by atoms with Crippen LogP contribution in [0.4, 0.5) is 8.78 Å². The summed E-state index contributed by atoms with van der Waals surface area (Å²) in [6.45, 7) is 0. The van der Waals surface area contributed by atoms with E-state index in [9.17, 15) is 8.78 Å². The zero-order valence-electron chi connectivity index (χ0n) is 14.3. The Morgan fingerprint density at radius 2 is 1.54 bits per heavy atom. The molecule has 4 aromatic rings. The third kappa shape index (κ3) is 2.25. The summed E-state index contributed by atoms with van der Waals surface area (Å²) >= 11 is 0. The normalized spacial score (nSPS) is 16.8. The highest BCUT2D eigenvalue weighted by Crippen LogP contribution is 2.42. The molecule has 0 aromatic heterocycles. The molecule has 1 aliphatic carbocycles. The molecule has 1 aliphatic rings. The molecule has 0 fully saturated rings. The fourth-order valence-corrected chi connectivity index (χ4v) is 4.52. The van der Waals surface area contributed by atoms with Crippen LogP contribution in [0.1, 0.15) is 35.4 Å². The molecule has 0 saturated heterocycles. The molecule has 2 heteroatoms. The van der Waals surface area contributed by atoms with Crippen molar-refractivity contribution in [2.45, 2.75) is 25.2 Å². The summed E-state index contributed by atoms with van der Waals surface area (Å²) in [7, 11) is 0. The molecule has 4 aromatic carbocycles. The summed E-state index contributed by atoms with van der Waals surface area (Å²) in [4.78, 5) is 0. The summed E-state index contributed by atoms with van der Waals surface area (Å²) in [6.07, 6.45) is 2.82. The molecular weight excluding hydrogens is 326 g/mol. The Labute approximate surface area is 151 Å². The van der Waals surface area contributed by atoms with Gasteiger partial charge in [-0.05, 0) is 63.6 Å². The van der Waals surface area contributed by atoms with Gasteiger partial charge in [0, 0.05) is 5.92 Å². The van der Waals surface area contributed by atoms with Gasteiger partial charge in [-0.2, -0.15) is 0 Å². The minimum absolute atomic E-state index is 0.0784. The first-order valence-electron chi connectivity index (χ1n) is 9.11. The number of aryl methyl sites for hydroxylation is 1. The zero-order valence-corrected chi connectivity index (χ0v) is 14.3. The van der Waals surface area contributed by atoms with Crippen LogP contribution in [-0.4, -0.2) is 0 Å². The molecule has 0 aliphatic heterocycles. The number of halogens is 2. The number of hydrogen-bond acceptors (Lipinski definition) is 0. The molecule has 0 spiro atoms. The van der Waals surface area contributed by atoms with E-state index in [1.54, 1.807) is 12.1 Å². The standard InChI is InChI=1S/C24H18F2/c25-23-10-4-9-22(24(23)26)18-8-3-7-17-20-12-11-15-5-1-2-6-16(15)19(20)13-14-21(17)18/h1-2,4-6,9-14,18H,3,7-8H2. The highest BCUT2D eigenvalue weighted by Gasteiger charge is 2.26. The van der Waals surface area contributed by atoms with Crippen LogP contribution in [-0.2, 0) is 6.42 Å². The predicted molar refractivity (Wildman–Crippen MR) is 103 cm³/mol. The maximum Gasteiger partial charge on any atom is 0.162 e. The van der Waals surface area contributed by atoms with Crippen LogP contribution in [0.25, 0.3) is 21.5 Å². The van der Waals surface area contributed by atoms with Gasteiger partial charge < -0.3 is 0 Å². The third-order valence-corrected chi connectivity index (χ3v) is 5.73. The number of rotatable bonds is 1. The SMILES string of the molecule is Fc1cccc(C2CCCc3c2ccc2c3ccc3ccccc32)c1F. The second-order valence-corrected chi connectivity index (χ2v) is 7.10. The van der Waals surface area contributed by atoms with Crippen molar-refractivity contribution >= 4 is 21.5 Å². The van der Waals surface area contributed by atoms with Crippen molar-refractivity contribution in [1.82, 2.24) is 0 Å². The molecule has 0 radical (unpaired) electrons. The van der Waals surface area contributed by atoms with Gasteiger partial charge in [-0.1, -0.05) is 60.7 Å². The Morgan fingerprint density at radius 1 is 0.692 bits per heavy atom. The minimum Gasteiger partial charge on any atom is -0.204 e. The van der Waals surface area contributed by atoms with Gasteiger partial charge in [0.25, 0.3) is 0 Å². The van der Waals surface area contributed by atoms with Crippen LogP contribution in [0, 0.1) is 11.6 Å². The van der Waals surface area contributed by atoms with Crippen LogP contribution in [0.15, 0.2) is 66.7 Å². The van der Waals surface area contributed by atoms with Crippen molar-refractivity contribution < 1.29 is 8.78 Å². The van der Waals surface area contributed by atoms with Crippen molar-refractivity contribution in [3.8, 4) is 0 Å². The van der Waals surface area contributed by atoms with Crippen LogP contribution in [0.5, 0.6) is 0 Å². The average Bonchev–Trinajstić information content (AvgIpc) is 2.69. The van der Waals surface area contributed by atoms with Gasteiger partial charge >= 0.3 is 0 Å². The molecule has 0 heterocycles. The molecule has 1 unspecified atom stereocenters. The second kappa shape index (κ2) is 5.91. The van der Waals surface area contributed by atoms with Crippen molar-refractivity contribution in [2.75, 3.05) is 0 Å². The monoisotopic (exact) mass is 344 g/mol. The highest BCUT2D eigenvalue weighted by atomic mass is 19.2. The van der Waals surface area contributed by atoms with Crippen LogP contribution in [0.3, 0.4) is 0 Å². The van der Waals surface area contributed by atoms with E-state index in [0.29, 0.717) is 5.56 Å². The lowest BCUT2D eigenvalue weighted by molar-refractivity contribution is 0.485. The van der Waals surface area contributed by atoms with E-state index in [2.05, 4.69) is 48.5 Å². The Morgan fingerprint density at radius 3 is 2.46 bits per heavy atom. The van der Waals surface area contributed by atoms with E-state index in [0.717, 1.165) is 24.8 Å². The summed E-state index contributed by atoms with van der Waals surface area (Å²) in [5.74, 6) is -1.55. The molecule has 1 atom stereocenters. The molecular formula is C24H18F2. The molecule has 0 bridgehead atoms. The molecule has 0 saturated carbocycles. The smallest absolute Gasteiger partial charge is 0.162 e. The molecule has 5 rings (SSSR count). The summed E-state index contributed by atoms with van der Waals surface area (Å²) < 4.78 is 28.2. The maximum absolute atomic E-state index is 14.4. The summed E-state index contributed by atoms with van der Waals surface area (Å²) in [6, 6.07) is 21.5. The Balaban J connectivity index is 1.76. The van der Waals surface area contributed by atoms with Crippen molar-refractivity contribution in [2.24, 2.45) is 0 Å². The van der Waals surface area contributed by atoms with E-state index in [1.165, 1.54) is 33.2 Å². The quantitative estimate of drug-likeness (QED) is 0.335. The average molecular weight is 344 g/mol. The van der Waals surface area contributed by atoms with Crippen molar-refractivity contribution in [3.05, 3.63) is 95.1 Å². The lowest BCUT2D eigenvalue weighted by atomic mass is 9.77. The molecule has 0 nitrogen and oxygen atoms in total. The van der Waals surface area contributed by atoms with Crippen molar-refractivity contribution in [1.29, 1.82) is 0 Å². The lowest BCUT2D eigenvalue weighted by Gasteiger charge is -2.28. The van der Waals surface area contributed by atoms with E-state index < -0.39 is 11.6 Å². The van der Waals surface area contributed by atoms with Gasteiger partial charge in [-0.15, -0.1) is 0 Å². The number of hydrogen-bond donors (Lipinski definition) is 0. The van der Waals surface area contributed by atoms with Crippen LogP contribution in [0.2, 0.25) is 0 Å². The largest absolute Gasteiger partial charge is 0.204 e. The summed E-state index contributed by atoms with van der Waals surface area (Å²) in [5, 5.41) is 4.94. The maximum atomic E-state index is 14.4. The van der Waals surface area contributed by atoms with Gasteiger partial charge in [0.15, 0.2) is 11.6 Å². The van der Waals surface area contributed by atoms with Gasteiger partial charge in [0.1, 0.15) is 0 Å². The number of benzene rings is 4. The minimum atomic E-state index is -0.763. The van der Waals surface area contributed by atoms with Gasteiger partial charge in [0.05, 0.1) is 0 Å². The third-order valence-electron chi connectivity index (χ3n) is 5.73. The van der Waals surface area contributed by atoms with Gasteiger partial charge in [-0.3, -0.25) is 0 Å². The topological polar surface area (TPSA) is 0 Å². The molecule has 128 valence electrons. The van der Waals surface area contributed by atoms with E-state index in [4.69, 9.17) is 0 Å². The first-order valence-corrected chi connectivity index (χ1v) is 9.11. The number of fused-ring (bicyclic) bond motifs is 5. The fraction of sp³-hybridized carbons (Fsp3) is 0.167. The lowest BCUT2D eigenvalue weighted by Crippen LogP contribution is -2.13. The Hall–Kier alpha value is -2.74. The predicted octanol–water partition coefficient (Wildman–Crippen LogP) is 6.74. The Bertz CT molecular complexity index is 1140. The first-order chi connectivity index (χ1) is 12.7. The second-order valence-electron chi connectivity index (χ2n) is 7.10. The van der Waals surface area contributed by atoms with E-state index in [1.807, 2.05) is 0 Å². The summed E-state index contributed by atoms with van der Waals surface area (Å²) in [5.41, 5.74) is 2.91. The molecule has 26 heavy (non-hydrogen) atoms. The zero-order chi connectivity index (χ0) is 17.7. The molecule has 0 amide bonds. The fourth-order valence-electron chi connectivity index (χ4n) is 4.52. The van der Waals surface area contributed by atoms with Crippen molar-refractivity contribution in [3.63, 3.8) is 0 Å². The van der Waals surface area contributed by atoms with Crippen LogP contribution < -0.4 is 0 Å². The van der Waals surface area contributed by atoms with Gasteiger partial charge in [0.2, 0.25) is 0 Å². The molecule has 0 N–H and O–H groups in total. The van der Waals surface area contributed by atoms with E-state index in [-0.39, 0.29) is 5.92 Å². The Kier molecular flexibility index (Phi) is 3.53. The highest BCUT2D eigenvalue weighted by molar-refractivity contribution is 6.08. The first kappa shape index (κ1) is 15.5. The van der Waals surface area contributed by atoms with Gasteiger partial charge in [-0.25, -0.2) is 8.78 Å². The van der Waals surface area contributed by atoms with E-state index >= 15 is 0 Å².